The van der Waals surface area contributed by atoms with E-state index in [9.17, 15) is 27.2 Å². The predicted molar refractivity (Wildman–Crippen MR) is 94.6 cm³/mol. The minimum absolute atomic E-state index is 0.0306. The number of alkyl halides is 3. The summed E-state index contributed by atoms with van der Waals surface area (Å²) in [4.78, 5) is 25.0. The van der Waals surface area contributed by atoms with E-state index in [4.69, 9.17) is 16.3 Å². The number of para-hydroxylation sites is 1. The maximum atomic E-state index is 13.0. The van der Waals surface area contributed by atoms with Crippen LogP contribution in [-0.4, -0.2) is 36.9 Å². The van der Waals surface area contributed by atoms with Crippen LogP contribution in [0.25, 0.3) is 0 Å². The van der Waals surface area contributed by atoms with Crippen LogP contribution in [-0.2, 0) is 15.8 Å². The highest BCUT2D eigenvalue weighted by Crippen LogP contribution is 2.34. The zero-order chi connectivity index (χ0) is 20.9. The Kier molecular flexibility index (Phi) is 6.85. The fourth-order valence-electron chi connectivity index (χ4n) is 2.17. The molecule has 10 heteroatoms. The Hall–Kier alpha value is -2.81. The van der Waals surface area contributed by atoms with E-state index in [2.05, 4.69) is 5.32 Å². The van der Waals surface area contributed by atoms with Gasteiger partial charge in [0.2, 0.25) is 5.91 Å². The molecule has 2 aromatic rings. The van der Waals surface area contributed by atoms with Gasteiger partial charge in [0.25, 0.3) is 5.91 Å². The summed E-state index contributed by atoms with van der Waals surface area (Å²) >= 11 is 5.77. The Bertz CT molecular complexity index is 874. The van der Waals surface area contributed by atoms with Crippen molar-refractivity contribution in [3.63, 3.8) is 0 Å². The summed E-state index contributed by atoms with van der Waals surface area (Å²) in [6, 6.07) is 7.85. The molecule has 0 spiro atoms. The average molecular weight is 419 g/mol. The first-order chi connectivity index (χ1) is 13.1. The monoisotopic (exact) mass is 418 g/mol. The summed E-state index contributed by atoms with van der Waals surface area (Å²) in [7, 11) is 1.28. The zero-order valence-electron chi connectivity index (χ0n) is 14.5. The first kappa shape index (κ1) is 21.5. The Labute approximate surface area is 162 Å². The number of carbonyl (C=O) groups excluding carboxylic acids is 2. The van der Waals surface area contributed by atoms with Gasteiger partial charge in [-0.2, -0.15) is 13.2 Å². The molecule has 2 amide bonds. The Morgan fingerprint density at radius 3 is 2.50 bits per heavy atom. The van der Waals surface area contributed by atoms with Crippen molar-refractivity contribution in [3.8, 4) is 5.75 Å². The first-order valence-electron chi connectivity index (χ1n) is 7.86. The van der Waals surface area contributed by atoms with Gasteiger partial charge in [-0.3, -0.25) is 9.59 Å². The van der Waals surface area contributed by atoms with Crippen molar-refractivity contribution in [1.82, 2.24) is 4.90 Å². The molecule has 0 heterocycles. The second kappa shape index (κ2) is 8.92. The molecule has 2 rings (SSSR count). The van der Waals surface area contributed by atoms with Crippen molar-refractivity contribution in [1.29, 1.82) is 0 Å². The number of nitrogens with zero attached hydrogens (tertiary/aromatic N) is 1. The van der Waals surface area contributed by atoms with Gasteiger partial charge in [0.1, 0.15) is 11.6 Å². The van der Waals surface area contributed by atoms with Gasteiger partial charge < -0.3 is 15.0 Å². The molecule has 0 unspecified atom stereocenters. The maximum Gasteiger partial charge on any atom is 0.418 e. The Morgan fingerprint density at radius 1 is 1.18 bits per heavy atom. The van der Waals surface area contributed by atoms with Crippen LogP contribution in [0.2, 0.25) is 5.02 Å². The van der Waals surface area contributed by atoms with Crippen LogP contribution in [0.5, 0.6) is 5.75 Å². The SMILES string of the molecule is CN(CC(=O)Nc1ccccc1C(F)(F)F)C(=O)COc1ccc(F)cc1Cl. The average Bonchev–Trinajstić information content (AvgIpc) is 2.60. The second-order valence-corrected chi connectivity index (χ2v) is 6.11. The van der Waals surface area contributed by atoms with Crippen molar-refractivity contribution in [2.45, 2.75) is 6.18 Å². The standard InChI is InChI=1S/C18H15ClF4N2O3/c1-25(17(27)10-28-15-7-6-11(20)8-13(15)19)9-16(26)24-14-5-3-2-4-12(14)18(21,22)23/h2-8H,9-10H2,1H3,(H,24,26). The highest BCUT2D eigenvalue weighted by molar-refractivity contribution is 6.32. The summed E-state index contributed by atoms with van der Waals surface area (Å²) in [5, 5.41) is 2.10. The molecular weight excluding hydrogens is 404 g/mol. The fraction of sp³-hybridized carbons (Fsp3) is 0.222. The number of benzene rings is 2. The third kappa shape index (κ3) is 5.85. The summed E-state index contributed by atoms with van der Waals surface area (Å²) in [6.45, 7) is -0.986. The molecule has 150 valence electrons. The molecule has 0 radical (unpaired) electrons. The van der Waals surface area contributed by atoms with Gasteiger partial charge in [-0.15, -0.1) is 0 Å². The van der Waals surface area contributed by atoms with Crippen LogP contribution >= 0.6 is 11.6 Å². The summed E-state index contributed by atoms with van der Waals surface area (Å²) < 4.78 is 57.0. The van der Waals surface area contributed by atoms with Gasteiger partial charge >= 0.3 is 6.18 Å². The number of halogens is 5. The number of hydrogen-bond acceptors (Lipinski definition) is 3. The van der Waals surface area contributed by atoms with Crippen LogP contribution in [0, 0.1) is 5.82 Å². The van der Waals surface area contributed by atoms with Crippen molar-refractivity contribution >= 4 is 29.1 Å². The Balaban J connectivity index is 1.92. The second-order valence-electron chi connectivity index (χ2n) is 5.70. The number of hydrogen-bond donors (Lipinski definition) is 1. The van der Waals surface area contributed by atoms with Crippen LogP contribution in [0.4, 0.5) is 23.2 Å². The molecule has 28 heavy (non-hydrogen) atoms. The third-order valence-corrected chi connectivity index (χ3v) is 3.85. The van der Waals surface area contributed by atoms with Crippen molar-refractivity contribution in [3.05, 3.63) is 58.9 Å². The molecular formula is C18H15ClF4N2O3. The summed E-state index contributed by atoms with van der Waals surface area (Å²) in [5.74, 6) is -1.93. The highest BCUT2D eigenvalue weighted by atomic mass is 35.5. The lowest BCUT2D eigenvalue weighted by atomic mass is 10.1. The molecule has 2 aromatic carbocycles. The largest absolute Gasteiger partial charge is 0.482 e. The lowest BCUT2D eigenvalue weighted by molar-refractivity contribution is -0.137. The minimum atomic E-state index is -4.63. The van der Waals surface area contributed by atoms with E-state index in [0.29, 0.717) is 0 Å². The number of likely N-dealkylation sites (N-methyl/N-ethyl adjacent to an activating group) is 1. The first-order valence-corrected chi connectivity index (χ1v) is 8.23. The van der Waals surface area contributed by atoms with E-state index in [-0.39, 0.29) is 10.8 Å². The minimum Gasteiger partial charge on any atom is -0.482 e. The Morgan fingerprint density at radius 2 is 1.86 bits per heavy atom. The van der Waals surface area contributed by atoms with E-state index in [1.807, 2.05) is 0 Å². The topological polar surface area (TPSA) is 58.6 Å². The molecule has 0 aliphatic carbocycles. The van der Waals surface area contributed by atoms with Crippen molar-refractivity contribution in [2.24, 2.45) is 0 Å². The number of amides is 2. The number of carbonyl (C=O) groups is 2. The van der Waals surface area contributed by atoms with Gasteiger partial charge in [-0.1, -0.05) is 23.7 Å². The molecule has 0 atom stereocenters. The van der Waals surface area contributed by atoms with Crippen LogP contribution in [0.3, 0.4) is 0 Å². The number of ether oxygens (including phenoxy) is 1. The highest BCUT2D eigenvalue weighted by Gasteiger charge is 2.33. The molecule has 1 N–H and O–H groups in total. The van der Waals surface area contributed by atoms with Gasteiger partial charge in [0.15, 0.2) is 6.61 Å². The lowest BCUT2D eigenvalue weighted by Crippen LogP contribution is -2.37. The van der Waals surface area contributed by atoms with Crippen molar-refractivity contribution in [2.75, 3.05) is 25.5 Å². The van der Waals surface area contributed by atoms with E-state index in [0.717, 1.165) is 29.2 Å². The molecule has 0 saturated heterocycles. The van der Waals surface area contributed by atoms with Gasteiger partial charge in [-0.25, -0.2) is 4.39 Å². The van der Waals surface area contributed by atoms with Crippen molar-refractivity contribution < 1.29 is 31.9 Å². The van der Waals surface area contributed by atoms with E-state index >= 15 is 0 Å². The van der Waals surface area contributed by atoms with Gasteiger partial charge in [-0.05, 0) is 30.3 Å². The third-order valence-electron chi connectivity index (χ3n) is 3.56. The number of anilines is 1. The van der Waals surface area contributed by atoms with E-state index < -0.39 is 48.2 Å². The lowest BCUT2D eigenvalue weighted by Gasteiger charge is -2.18. The molecule has 0 aromatic heterocycles. The normalized spacial score (nSPS) is 11.1. The maximum absolute atomic E-state index is 13.0. The van der Waals surface area contributed by atoms with Gasteiger partial charge in [0, 0.05) is 7.05 Å². The van der Waals surface area contributed by atoms with E-state index in [1.54, 1.807) is 0 Å². The zero-order valence-corrected chi connectivity index (χ0v) is 15.3. The van der Waals surface area contributed by atoms with E-state index in [1.165, 1.54) is 25.2 Å². The molecule has 0 fully saturated rings. The smallest absolute Gasteiger partial charge is 0.418 e. The molecule has 0 aliphatic rings. The summed E-state index contributed by atoms with van der Waals surface area (Å²) in [5.41, 5.74) is -1.40. The fourth-order valence-corrected chi connectivity index (χ4v) is 2.40. The van der Waals surface area contributed by atoms with Crippen LogP contribution < -0.4 is 10.1 Å². The van der Waals surface area contributed by atoms with Crippen LogP contribution in [0.1, 0.15) is 5.56 Å². The molecule has 5 nitrogen and oxygen atoms in total. The number of nitrogens with one attached hydrogen (secondary N) is 1. The van der Waals surface area contributed by atoms with Gasteiger partial charge in [0.05, 0.1) is 22.8 Å². The number of rotatable bonds is 6. The summed E-state index contributed by atoms with van der Waals surface area (Å²) in [6.07, 6.45) is -4.63. The quantitative estimate of drug-likeness (QED) is 0.722. The predicted octanol–water partition coefficient (Wildman–Crippen LogP) is 3.97. The van der Waals surface area contributed by atoms with Crippen LogP contribution in [0.15, 0.2) is 42.5 Å². The molecule has 0 aliphatic heterocycles. The molecule has 0 bridgehead atoms. The molecule has 0 saturated carbocycles.